The van der Waals surface area contributed by atoms with Crippen molar-refractivity contribution in [2.45, 2.75) is 26.0 Å². The number of para-hydroxylation sites is 1. The first-order chi connectivity index (χ1) is 12.9. The van der Waals surface area contributed by atoms with Crippen molar-refractivity contribution in [3.63, 3.8) is 0 Å². The van der Waals surface area contributed by atoms with Gasteiger partial charge in [-0.15, -0.1) is 0 Å². The second kappa shape index (κ2) is 7.98. The third-order valence-electron chi connectivity index (χ3n) is 4.10. The van der Waals surface area contributed by atoms with Crippen LogP contribution in [0.2, 0.25) is 10.0 Å². The van der Waals surface area contributed by atoms with Crippen LogP contribution < -0.4 is 5.32 Å². The average Bonchev–Trinajstić information content (AvgIpc) is 3.05. The lowest BCUT2D eigenvalue weighted by atomic mass is 10.1. The van der Waals surface area contributed by atoms with Crippen LogP contribution in [-0.4, -0.2) is 28.2 Å². The molecule has 0 aliphatic carbocycles. The number of esters is 1. The number of hydrogen-bond donors (Lipinski definition) is 2. The predicted octanol–water partition coefficient (Wildman–Crippen LogP) is 4.29. The van der Waals surface area contributed by atoms with E-state index in [1.165, 1.54) is 6.92 Å². The Balaban J connectivity index is 1.65. The molecule has 0 fully saturated rings. The van der Waals surface area contributed by atoms with Crippen LogP contribution in [0.1, 0.15) is 35.9 Å². The lowest BCUT2D eigenvalue weighted by Gasteiger charge is -2.19. The molecule has 2 N–H and O–H groups in total. The third-order valence-corrected chi connectivity index (χ3v) is 4.67. The summed E-state index contributed by atoms with van der Waals surface area (Å²) in [4.78, 5) is 24.7. The first kappa shape index (κ1) is 19.2. The number of carbonyl (C=O) groups excluding carboxylic acids is 2. The number of aromatic amines is 1. The van der Waals surface area contributed by atoms with E-state index >= 15 is 0 Å². The molecule has 6 nitrogen and oxygen atoms in total. The van der Waals surface area contributed by atoms with Gasteiger partial charge in [0.15, 0.2) is 11.8 Å². The Hall–Kier alpha value is -2.57. The maximum absolute atomic E-state index is 12.4. The van der Waals surface area contributed by atoms with E-state index in [1.54, 1.807) is 43.3 Å². The second-order valence-electron chi connectivity index (χ2n) is 6.06. The van der Waals surface area contributed by atoms with Crippen LogP contribution in [0.3, 0.4) is 0 Å². The Morgan fingerprint density at radius 1 is 1.15 bits per heavy atom. The van der Waals surface area contributed by atoms with Crippen molar-refractivity contribution in [1.82, 2.24) is 15.5 Å². The van der Waals surface area contributed by atoms with E-state index < -0.39 is 18.0 Å². The van der Waals surface area contributed by atoms with E-state index in [1.807, 2.05) is 6.07 Å². The van der Waals surface area contributed by atoms with Crippen molar-refractivity contribution in [3.05, 3.63) is 63.8 Å². The van der Waals surface area contributed by atoms with Crippen molar-refractivity contribution in [2.75, 3.05) is 0 Å². The normalized spacial score (nSPS) is 13.2. The van der Waals surface area contributed by atoms with Gasteiger partial charge in [-0.1, -0.05) is 47.5 Å². The fourth-order valence-electron chi connectivity index (χ4n) is 2.65. The maximum Gasteiger partial charge on any atom is 0.360 e. The molecule has 27 heavy (non-hydrogen) atoms. The maximum atomic E-state index is 12.4. The summed E-state index contributed by atoms with van der Waals surface area (Å²) in [7, 11) is 0. The Morgan fingerprint density at radius 3 is 2.63 bits per heavy atom. The van der Waals surface area contributed by atoms with Gasteiger partial charge in [-0.05, 0) is 37.6 Å². The minimum Gasteiger partial charge on any atom is -0.448 e. The van der Waals surface area contributed by atoms with Crippen LogP contribution in [0.15, 0.2) is 42.5 Å². The number of benzene rings is 2. The molecule has 0 aliphatic heterocycles. The third kappa shape index (κ3) is 4.23. The van der Waals surface area contributed by atoms with Gasteiger partial charge in [0.1, 0.15) is 0 Å². The van der Waals surface area contributed by atoms with Crippen molar-refractivity contribution in [1.29, 1.82) is 0 Å². The highest BCUT2D eigenvalue weighted by atomic mass is 35.5. The Labute approximate surface area is 165 Å². The van der Waals surface area contributed by atoms with Crippen molar-refractivity contribution < 1.29 is 14.3 Å². The van der Waals surface area contributed by atoms with Gasteiger partial charge in [0.05, 0.1) is 11.6 Å². The fourth-order valence-corrected chi connectivity index (χ4v) is 3.22. The van der Waals surface area contributed by atoms with Crippen molar-refractivity contribution >= 4 is 46.0 Å². The molecule has 1 heterocycles. The minimum atomic E-state index is -0.999. The first-order valence-electron chi connectivity index (χ1n) is 8.26. The Morgan fingerprint density at radius 2 is 1.89 bits per heavy atom. The van der Waals surface area contributed by atoms with Gasteiger partial charge in [-0.25, -0.2) is 4.79 Å². The second-order valence-corrected chi connectivity index (χ2v) is 6.91. The van der Waals surface area contributed by atoms with E-state index in [0.29, 0.717) is 26.5 Å². The van der Waals surface area contributed by atoms with Gasteiger partial charge >= 0.3 is 5.97 Å². The molecule has 0 radical (unpaired) electrons. The fraction of sp³-hybridized carbons (Fsp3) is 0.211. The number of rotatable bonds is 5. The molecule has 0 bridgehead atoms. The molecule has 3 rings (SSSR count). The Kier molecular flexibility index (Phi) is 5.68. The van der Waals surface area contributed by atoms with Crippen LogP contribution in [0.4, 0.5) is 0 Å². The van der Waals surface area contributed by atoms with E-state index in [-0.39, 0.29) is 11.7 Å². The summed E-state index contributed by atoms with van der Waals surface area (Å²) in [6.45, 7) is 3.28. The minimum absolute atomic E-state index is 0.138. The van der Waals surface area contributed by atoms with E-state index in [9.17, 15) is 9.59 Å². The molecule has 3 aromatic rings. The van der Waals surface area contributed by atoms with E-state index in [0.717, 1.165) is 0 Å². The van der Waals surface area contributed by atoms with Crippen LogP contribution >= 0.6 is 23.2 Å². The van der Waals surface area contributed by atoms with Crippen LogP contribution in [0.5, 0.6) is 0 Å². The highest BCUT2D eigenvalue weighted by Gasteiger charge is 2.24. The zero-order valence-corrected chi connectivity index (χ0v) is 16.1. The van der Waals surface area contributed by atoms with Gasteiger partial charge in [0.2, 0.25) is 0 Å². The zero-order valence-electron chi connectivity index (χ0n) is 14.6. The molecule has 1 aromatic heterocycles. The topological polar surface area (TPSA) is 84.1 Å². The number of amides is 1. The summed E-state index contributed by atoms with van der Waals surface area (Å²) in [5, 5.41) is 11.1. The van der Waals surface area contributed by atoms with E-state index in [2.05, 4.69) is 15.5 Å². The average molecular weight is 406 g/mol. The molecule has 140 valence electrons. The number of halogens is 2. The summed E-state index contributed by atoms with van der Waals surface area (Å²) in [6.07, 6.45) is -0.999. The molecular formula is C19H17Cl2N3O3. The van der Waals surface area contributed by atoms with Crippen LogP contribution in [0.25, 0.3) is 10.9 Å². The number of H-pyrrole nitrogens is 1. The summed E-state index contributed by atoms with van der Waals surface area (Å²) in [5.41, 5.74) is 1.57. The van der Waals surface area contributed by atoms with Gasteiger partial charge in [0.25, 0.3) is 5.91 Å². The number of aromatic nitrogens is 2. The summed E-state index contributed by atoms with van der Waals surface area (Å²) < 4.78 is 5.26. The monoisotopic (exact) mass is 405 g/mol. The molecule has 0 saturated heterocycles. The number of ether oxygens (including phenoxy) is 1. The van der Waals surface area contributed by atoms with Gasteiger partial charge in [-0.2, -0.15) is 5.10 Å². The van der Waals surface area contributed by atoms with Gasteiger partial charge in [0, 0.05) is 15.4 Å². The Bertz CT molecular complexity index is 1000. The lowest BCUT2D eigenvalue weighted by Crippen LogP contribution is -2.37. The molecular weight excluding hydrogens is 389 g/mol. The molecule has 0 saturated carbocycles. The molecule has 2 atom stereocenters. The molecule has 0 spiro atoms. The van der Waals surface area contributed by atoms with Crippen molar-refractivity contribution in [2.24, 2.45) is 0 Å². The quantitative estimate of drug-likeness (QED) is 0.619. The molecule has 1 amide bonds. The molecule has 0 aliphatic rings. The molecule has 0 unspecified atom stereocenters. The van der Waals surface area contributed by atoms with Crippen molar-refractivity contribution in [3.8, 4) is 0 Å². The van der Waals surface area contributed by atoms with Gasteiger partial charge < -0.3 is 10.1 Å². The molecule has 2 aromatic carbocycles. The number of carbonyl (C=O) groups is 2. The lowest BCUT2D eigenvalue weighted by molar-refractivity contribution is -0.129. The predicted molar refractivity (Wildman–Crippen MR) is 104 cm³/mol. The zero-order chi connectivity index (χ0) is 19.6. The largest absolute Gasteiger partial charge is 0.448 e. The number of nitrogens with one attached hydrogen (secondary N) is 2. The highest BCUT2D eigenvalue weighted by Crippen LogP contribution is 2.26. The summed E-state index contributed by atoms with van der Waals surface area (Å²) in [6, 6.07) is 11.8. The van der Waals surface area contributed by atoms with Crippen LogP contribution in [0, 0.1) is 0 Å². The first-order valence-corrected chi connectivity index (χ1v) is 9.02. The number of hydrogen-bond acceptors (Lipinski definition) is 4. The number of fused-ring (bicyclic) bond motifs is 1. The summed E-state index contributed by atoms with van der Waals surface area (Å²) in [5.74, 6) is -1.12. The highest BCUT2D eigenvalue weighted by molar-refractivity contribution is 6.35. The smallest absolute Gasteiger partial charge is 0.360 e. The molecule has 8 heteroatoms. The SMILES string of the molecule is C[C@H](NC(=O)[C@@H](C)OC(=O)c1n[nH]c2ccccc12)c1ccc(Cl)cc1Cl. The summed E-state index contributed by atoms with van der Waals surface area (Å²) >= 11 is 12.0. The standard InChI is InChI=1S/C19H17Cl2N3O3/c1-10(13-8-7-12(20)9-15(13)21)22-18(25)11(2)27-19(26)17-14-5-3-4-6-16(14)23-24-17/h3-11H,1-2H3,(H,22,25)(H,23,24)/t10-,11+/m0/s1. The van der Waals surface area contributed by atoms with Gasteiger partial charge in [-0.3, -0.25) is 9.89 Å². The van der Waals surface area contributed by atoms with E-state index in [4.69, 9.17) is 27.9 Å². The van der Waals surface area contributed by atoms with Crippen LogP contribution in [-0.2, 0) is 9.53 Å². The number of nitrogens with zero attached hydrogens (tertiary/aromatic N) is 1.